The Labute approximate surface area is 120 Å². The zero-order valence-corrected chi connectivity index (χ0v) is 12.1. The van der Waals surface area contributed by atoms with Crippen LogP contribution in [-0.2, 0) is 13.1 Å². The van der Waals surface area contributed by atoms with E-state index in [1.54, 1.807) is 0 Å². The molecule has 4 nitrogen and oxygen atoms in total. The monoisotopic (exact) mass is 270 g/mol. The molecular formula is C16H22N4. The number of hydrazine groups is 3. The van der Waals surface area contributed by atoms with Crippen LogP contribution in [0.4, 0.5) is 0 Å². The highest BCUT2D eigenvalue weighted by Crippen LogP contribution is 2.01. The van der Waals surface area contributed by atoms with Crippen molar-refractivity contribution in [1.82, 2.24) is 21.1 Å². The van der Waals surface area contributed by atoms with Crippen LogP contribution in [0.3, 0.4) is 0 Å². The molecule has 0 saturated heterocycles. The first-order valence-corrected chi connectivity index (χ1v) is 6.75. The second kappa shape index (κ2) is 7.77. The summed E-state index contributed by atoms with van der Waals surface area (Å²) in [5.74, 6) is 0. The van der Waals surface area contributed by atoms with Gasteiger partial charge < -0.3 is 0 Å². The lowest BCUT2D eigenvalue weighted by Crippen LogP contribution is -2.51. The van der Waals surface area contributed by atoms with Crippen LogP contribution in [-0.4, -0.2) is 24.1 Å². The average molecular weight is 270 g/mol. The SMILES string of the molecule is CN(Cc1ccccc1)NNN(C)Cc1ccccc1. The summed E-state index contributed by atoms with van der Waals surface area (Å²) in [6.07, 6.45) is 0. The smallest absolute Gasteiger partial charge is 0.0392 e. The van der Waals surface area contributed by atoms with Gasteiger partial charge in [0.1, 0.15) is 0 Å². The molecule has 0 radical (unpaired) electrons. The van der Waals surface area contributed by atoms with Crippen molar-refractivity contribution >= 4 is 0 Å². The van der Waals surface area contributed by atoms with E-state index in [4.69, 9.17) is 0 Å². The van der Waals surface area contributed by atoms with Gasteiger partial charge in [0.05, 0.1) is 0 Å². The van der Waals surface area contributed by atoms with Crippen LogP contribution in [0.25, 0.3) is 0 Å². The van der Waals surface area contributed by atoms with Crippen LogP contribution in [0.15, 0.2) is 60.7 Å². The normalized spacial score (nSPS) is 11.2. The molecule has 0 spiro atoms. The summed E-state index contributed by atoms with van der Waals surface area (Å²) in [5, 5.41) is 4.02. The molecule has 0 aliphatic heterocycles. The van der Waals surface area contributed by atoms with Gasteiger partial charge in [0, 0.05) is 27.2 Å². The average Bonchev–Trinajstić information content (AvgIpc) is 2.47. The Morgan fingerprint density at radius 3 is 1.35 bits per heavy atom. The van der Waals surface area contributed by atoms with Crippen LogP contribution in [0.2, 0.25) is 0 Å². The molecule has 0 unspecified atom stereocenters. The van der Waals surface area contributed by atoms with E-state index in [1.165, 1.54) is 11.1 Å². The third kappa shape index (κ3) is 5.11. The number of benzene rings is 2. The lowest BCUT2D eigenvalue weighted by atomic mass is 10.2. The molecular weight excluding hydrogens is 248 g/mol. The maximum atomic E-state index is 3.16. The predicted octanol–water partition coefficient (Wildman–Crippen LogP) is 2.17. The summed E-state index contributed by atoms with van der Waals surface area (Å²) >= 11 is 0. The Morgan fingerprint density at radius 1 is 0.650 bits per heavy atom. The summed E-state index contributed by atoms with van der Waals surface area (Å²) < 4.78 is 0. The summed E-state index contributed by atoms with van der Waals surface area (Å²) in [7, 11) is 4.02. The molecule has 20 heavy (non-hydrogen) atoms. The minimum Gasteiger partial charge on any atom is -0.228 e. The quantitative estimate of drug-likeness (QED) is 0.755. The van der Waals surface area contributed by atoms with E-state index >= 15 is 0 Å². The second-order valence-electron chi connectivity index (χ2n) is 4.91. The Bertz CT molecular complexity index is 439. The van der Waals surface area contributed by atoms with Crippen molar-refractivity contribution < 1.29 is 0 Å². The van der Waals surface area contributed by atoms with Crippen molar-refractivity contribution in [2.24, 2.45) is 0 Å². The van der Waals surface area contributed by atoms with Crippen molar-refractivity contribution in [2.45, 2.75) is 13.1 Å². The summed E-state index contributed by atoms with van der Waals surface area (Å²) in [5.41, 5.74) is 8.87. The first-order valence-electron chi connectivity index (χ1n) is 6.75. The summed E-state index contributed by atoms with van der Waals surface area (Å²) in [4.78, 5) is 0. The van der Waals surface area contributed by atoms with Gasteiger partial charge in [0.25, 0.3) is 0 Å². The van der Waals surface area contributed by atoms with Gasteiger partial charge >= 0.3 is 0 Å². The molecule has 0 fully saturated rings. The fraction of sp³-hybridized carbons (Fsp3) is 0.250. The molecule has 0 heterocycles. The Kier molecular flexibility index (Phi) is 5.70. The molecule has 2 aromatic carbocycles. The highest BCUT2D eigenvalue weighted by atomic mass is 15.8. The molecule has 106 valence electrons. The van der Waals surface area contributed by atoms with Gasteiger partial charge in [-0.2, -0.15) is 11.1 Å². The van der Waals surface area contributed by atoms with Crippen LogP contribution >= 0.6 is 0 Å². The predicted molar refractivity (Wildman–Crippen MR) is 82.1 cm³/mol. The molecule has 0 atom stereocenters. The van der Waals surface area contributed by atoms with Crippen molar-refractivity contribution in [2.75, 3.05) is 14.1 Å². The topological polar surface area (TPSA) is 30.5 Å². The van der Waals surface area contributed by atoms with E-state index < -0.39 is 0 Å². The van der Waals surface area contributed by atoms with E-state index in [9.17, 15) is 0 Å². The van der Waals surface area contributed by atoms with Crippen molar-refractivity contribution in [3.8, 4) is 0 Å². The fourth-order valence-electron chi connectivity index (χ4n) is 1.96. The van der Waals surface area contributed by atoms with Crippen molar-refractivity contribution in [1.29, 1.82) is 0 Å². The fourth-order valence-corrected chi connectivity index (χ4v) is 1.96. The van der Waals surface area contributed by atoms with E-state index in [0.29, 0.717) is 0 Å². The lowest BCUT2D eigenvalue weighted by molar-refractivity contribution is 0.0755. The molecule has 4 heteroatoms. The van der Waals surface area contributed by atoms with Crippen LogP contribution in [0, 0.1) is 0 Å². The number of nitrogens with one attached hydrogen (secondary N) is 2. The van der Waals surface area contributed by atoms with E-state index in [1.807, 2.05) is 36.2 Å². The van der Waals surface area contributed by atoms with Gasteiger partial charge in [-0.3, -0.25) is 0 Å². The third-order valence-electron chi connectivity index (χ3n) is 2.96. The van der Waals surface area contributed by atoms with Gasteiger partial charge in [-0.25, -0.2) is 10.0 Å². The Hall–Kier alpha value is -1.72. The largest absolute Gasteiger partial charge is 0.228 e. The van der Waals surface area contributed by atoms with Crippen LogP contribution in [0.5, 0.6) is 0 Å². The molecule has 0 saturated carbocycles. The molecule has 2 aromatic rings. The molecule has 0 aliphatic rings. The zero-order valence-electron chi connectivity index (χ0n) is 12.1. The first kappa shape index (κ1) is 14.7. The lowest BCUT2D eigenvalue weighted by Gasteiger charge is -2.24. The Morgan fingerprint density at radius 2 is 1.00 bits per heavy atom. The maximum Gasteiger partial charge on any atom is 0.0392 e. The van der Waals surface area contributed by atoms with Crippen LogP contribution in [0.1, 0.15) is 11.1 Å². The molecule has 0 amide bonds. The minimum atomic E-state index is 0.840. The highest BCUT2D eigenvalue weighted by molar-refractivity contribution is 5.14. The van der Waals surface area contributed by atoms with Gasteiger partial charge in [-0.05, 0) is 11.1 Å². The number of nitrogens with zero attached hydrogens (tertiary/aromatic N) is 2. The minimum absolute atomic E-state index is 0.840. The van der Waals surface area contributed by atoms with Gasteiger partial charge in [-0.15, -0.1) is 0 Å². The van der Waals surface area contributed by atoms with E-state index in [2.05, 4.69) is 59.6 Å². The van der Waals surface area contributed by atoms with Gasteiger partial charge in [-0.1, -0.05) is 60.7 Å². The molecule has 2 rings (SSSR count). The Balaban J connectivity index is 1.71. The van der Waals surface area contributed by atoms with Gasteiger partial charge in [0.15, 0.2) is 0 Å². The van der Waals surface area contributed by atoms with Crippen LogP contribution < -0.4 is 11.1 Å². The summed E-state index contributed by atoms with van der Waals surface area (Å²) in [6, 6.07) is 20.7. The number of hydrogen-bond donors (Lipinski definition) is 2. The number of rotatable bonds is 7. The molecule has 0 bridgehead atoms. The second-order valence-corrected chi connectivity index (χ2v) is 4.91. The van der Waals surface area contributed by atoms with Gasteiger partial charge in [0.2, 0.25) is 0 Å². The van der Waals surface area contributed by atoms with Crippen molar-refractivity contribution in [3.63, 3.8) is 0 Å². The summed E-state index contributed by atoms with van der Waals surface area (Å²) in [6.45, 7) is 1.68. The molecule has 0 aromatic heterocycles. The third-order valence-corrected chi connectivity index (χ3v) is 2.96. The maximum absolute atomic E-state index is 3.16. The standard InChI is InChI=1S/C16H22N4/c1-19(13-15-9-5-3-6-10-15)17-18-20(2)14-16-11-7-4-8-12-16/h3-12,17-18H,13-14H2,1-2H3. The van der Waals surface area contributed by atoms with E-state index in [0.717, 1.165) is 13.1 Å². The number of hydrogen-bond acceptors (Lipinski definition) is 4. The van der Waals surface area contributed by atoms with Crippen molar-refractivity contribution in [3.05, 3.63) is 71.8 Å². The molecule has 2 N–H and O–H groups in total. The first-order chi connectivity index (χ1) is 9.74. The zero-order chi connectivity index (χ0) is 14.2. The molecule has 0 aliphatic carbocycles. The highest BCUT2D eigenvalue weighted by Gasteiger charge is 2.02. The van der Waals surface area contributed by atoms with E-state index in [-0.39, 0.29) is 0 Å².